The second kappa shape index (κ2) is 7.60. The zero-order valence-corrected chi connectivity index (χ0v) is 16.2. The lowest BCUT2D eigenvalue weighted by atomic mass is 9.84. The summed E-state index contributed by atoms with van der Waals surface area (Å²) in [7, 11) is 1.68. The van der Waals surface area contributed by atoms with E-state index in [1.165, 1.54) is 5.56 Å². The van der Waals surface area contributed by atoms with E-state index in [1.807, 2.05) is 30.3 Å². The molecule has 2 atom stereocenters. The summed E-state index contributed by atoms with van der Waals surface area (Å²) >= 11 is 6.31. The predicted molar refractivity (Wildman–Crippen MR) is 106 cm³/mol. The molecule has 5 nitrogen and oxygen atoms in total. The highest BCUT2D eigenvalue weighted by Gasteiger charge is 2.57. The molecule has 142 valence electrons. The van der Waals surface area contributed by atoms with Crippen LogP contribution in [0.15, 0.2) is 55.3 Å². The summed E-state index contributed by atoms with van der Waals surface area (Å²) < 4.78 is 5.27. The van der Waals surface area contributed by atoms with Crippen LogP contribution < -0.4 is 4.74 Å². The molecular formula is C21H24ClN3O2. The van der Waals surface area contributed by atoms with E-state index in [0.717, 1.165) is 31.1 Å². The number of aromatic nitrogens is 1. The van der Waals surface area contributed by atoms with E-state index < -0.39 is 0 Å². The molecule has 2 saturated heterocycles. The van der Waals surface area contributed by atoms with E-state index in [0.29, 0.717) is 24.1 Å². The van der Waals surface area contributed by atoms with Crippen molar-refractivity contribution in [3.05, 3.63) is 71.5 Å². The number of fused-ring (bicyclic) bond motifs is 1. The lowest BCUT2D eigenvalue weighted by molar-refractivity contribution is -0.178. The summed E-state index contributed by atoms with van der Waals surface area (Å²) in [6.07, 6.45) is 3.73. The molecule has 2 unspecified atom stereocenters. The molecule has 2 fully saturated rings. The Morgan fingerprint density at radius 2 is 2.19 bits per heavy atom. The van der Waals surface area contributed by atoms with E-state index in [-0.39, 0.29) is 5.54 Å². The Kier molecular flexibility index (Phi) is 5.19. The smallest absolute Gasteiger partial charge is 0.118 e. The van der Waals surface area contributed by atoms with Gasteiger partial charge in [0.1, 0.15) is 11.3 Å². The van der Waals surface area contributed by atoms with Crippen LogP contribution in [0.4, 0.5) is 0 Å². The van der Waals surface area contributed by atoms with E-state index in [4.69, 9.17) is 26.2 Å². The highest BCUT2D eigenvalue weighted by Crippen LogP contribution is 2.47. The Morgan fingerprint density at radius 3 is 2.89 bits per heavy atom. The van der Waals surface area contributed by atoms with Crippen LogP contribution in [0.25, 0.3) is 0 Å². The fourth-order valence-corrected chi connectivity index (χ4v) is 4.39. The van der Waals surface area contributed by atoms with Gasteiger partial charge in [0.15, 0.2) is 0 Å². The predicted octanol–water partition coefficient (Wildman–Crippen LogP) is 3.50. The number of ether oxygens (including phenoxy) is 1. The topological polar surface area (TPSA) is 37.8 Å². The maximum Gasteiger partial charge on any atom is 0.118 e. The van der Waals surface area contributed by atoms with Gasteiger partial charge in [-0.05, 0) is 29.8 Å². The van der Waals surface area contributed by atoms with Gasteiger partial charge in [-0.3, -0.25) is 14.7 Å². The van der Waals surface area contributed by atoms with Crippen molar-refractivity contribution < 1.29 is 9.57 Å². The number of methoxy groups -OCH3 is 1. The number of pyridine rings is 1. The number of benzene rings is 1. The van der Waals surface area contributed by atoms with Crippen molar-refractivity contribution in [1.82, 2.24) is 14.9 Å². The molecule has 0 bridgehead atoms. The third-order valence-electron chi connectivity index (χ3n) is 5.53. The summed E-state index contributed by atoms with van der Waals surface area (Å²) in [5.41, 5.74) is 1.82. The first-order valence-electron chi connectivity index (χ1n) is 9.14. The second-order valence-electron chi connectivity index (χ2n) is 7.14. The van der Waals surface area contributed by atoms with Crippen LogP contribution in [0.1, 0.15) is 11.3 Å². The van der Waals surface area contributed by atoms with Crippen LogP contribution in [-0.2, 0) is 16.9 Å². The third-order valence-corrected chi connectivity index (χ3v) is 5.77. The molecule has 0 N–H and O–H groups in total. The van der Waals surface area contributed by atoms with Gasteiger partial charge in [0.2, 0.25) is 0 Å². The van der Waals surface area contributed by atoms with Gasteiger partial charge in [-0.1, -0.05) is 29.8 Å². The standard InChI is InChI=1S/C21H24ClN3O2/c1-3-10-24-13-17-14-27-25(12-16-4-6-19(26-2)7-5-16)21(17,15-24)20-11-18(22)8-9-23-20/h3-9,11,17H,1,10,12-15H2,2H3. The molecule has 0 saturated carbocycles. The Labute approximate surface area is 165 Å². The Bertz CT molecular complexity index is 813. The van der Waals surface area contributed by atoms with Crippen LogP contribution in [0.5, 0.6) is 5.75 Å². The van der Waals surface area contributed by atoms with Crippen molar-refractivity contribution in [2.45, 2.75) is 12.1 Å². The molecule has 2 aliphatic rings. The Balaban J connectivity index is 1.68. The molecule has 3 heterocycles. The third kappa shape index (κ3) is 3.36. The monoisotopic (exact) mass is 385 g/mol. The Morgan fingerprint density at radius 1 is 1.37 bits per heavy atom. The maximum atomic E-state index is 6.31. The number of hydrogen-bond acceptors (Lipinski definition) is 5. The normalized spacial score (nSPS) is 25.5. The van der Waals surface area contributed by atoms with Gasteiger partial charge in [-0.2, -0.15) is 5.06 Å². The first-order valence-corrected chi connectivity index (χ1v) is 9.52. The molecule has 0 radical (unpaired) electrons. The van der Waals surface area contributed by atoms with E-state index in [2.05, 4.69) is 28.7 Å². The summed E-state index contributed by atoms with van der Waals surface area (Å²) in [5.74, 6) is 1.19. The summed E-state index contributed by atoms with van der Waals surface area (Å²) in [5, 5.41) is 2.80. The van der Waals surface area contributed by atoms with Gasteiger partial charge in [0.25, 0.3) is 0 Å². The van der Waals surface area contributed by atoms with Crippen LogP contribution in [0.3, 0.4) is 0 Å². The van der Waals surface area contributed by atoms with Crippen LogP contribution in [0, 0.1) is 5.92 Å². The van der Waals surface area contributed by atoms with Crippen molar-refractivity contribution in [3.8, 4) is 5.75 Å². The molecule has 2 aromatic rings. The fraction of sp³-hybridized carbons (Fsp3) is 0.381. The van der Waals surface area contributed by atoms with Gasteiger partial charge in [-0.15, -0.1) is 6.58 Å². The number of rotatable bonds is 6. The van der Waals surface area contributed by atoms with E-state index in [9.17, 15) is 0 Å². The Hall–Kier alpha value is -1.92. The van der Waals surface area contributed by atoms with Crippen molar-refractivity contribution in [3.63, 3.8) is 0 Å². The molecule has 27 heavy (non-hydrogen) atoms. The van der Waals surface area contributed by atoms with Gasteiger partial charge < -0.3 is 4.74 Å². The quantitative estimate of drug-likeness (QED) is 0.711. The maximum absolute atomic E-state index is 6.31. The number of nitrogens with zero attached hydrogens (tertiary/aromatic N) is 3. The zero-order chi connectivity index (χ0) is 18.9. The van der Waals surface area contributed by atoms with E-state index in [1.54, 1.807) is 13.3 Å². The highest BCUT2D eigenvalue weighted by atomic mass is 35.5. The first kappa shape index (κ1) is 18.4. The molecule has 2 aliphatic heterocycles. The number of hydroxylamine groups is 2. The van der Waals surface area contributed by atoms with Gasteiger partial charge in [0, 0.05) is 36.8 Å². The minimum atomic E-state index is -0.312. The molecule has 4 rings (SSSR count). The van der Waals surface area contributed by atoms with Gasteiger partial charge in [-0.25, -0.2) is 0 Å². The molecular weight excluding hydrogens is 362 g/mol. The van der Waals surface area contributed by atoms with Gasteiger partial charge >= 0.3 is 0 Å². The SMILES string of the molecule is C=CCN1CC2CON(Cc3ccc(OC)cc3)C2(c2cc(Cl)ccn2)C1. The molecule has 6 heteroatoms. The minimum Gasteiger partial charge on any atom is -0.497 e. The van der Waals surface area contributed by atoms with Crippen molar-refractivity contribution >= 4 is 11.6 Å². The first-order chi connectivity index (χ1) is 13.2. The van der Waals surface area contributed by atoms with Crippen molar-refractivity contribution in [2.75, 3.05) is 33.4 Å². The summed E-state index contributed by atoms with van der Waals surface area (Å²) in [6.45, 7) is 7.91. The fourth-order valence-electron chi connectivity index (χ4n) is 4.23. The summed E-state index contributed by atoms with van der Waals surface area (Å²) in [6, 6.07) is 11.9. The lowest BCUT2D eigenvalue weighted by Crippen LogP contribution is -2.46. The van der Waals surface area contributed by atoms with Gasteiger partial charge in [0.05, 0.1) is 26.0 Å². The molecule has 0 spiro atoms. The largest absolute Gasteiger partial charge is 0.497 e. The van der Waals surface area contributed by atoms with Crippen LogP contribution in [0.2, 0.25) is 5.02 Å². The second-order valence-corrected chi connectivity index (χ2v) is 7.58. The average molecular weight is 386 g/mol. The van der Waals surface area contributed by atoms with Crippen molar-refractivity contribution in [2.24, 2.45) is 5.92 Å². The molecule has 0 aliphatic carbocycles. The van der Waals surface area contributed by atoms with E-state index >= 15 is 0 Å². The van der Waals surface area contributed by atoms with Crippen molar-refractivity contribution in [1.29, 1.82) is 0 Å². The number of hydrogen-bond donors (Lipinski definition) is 0. The summed E-state index contributed by atoms with van der Waals surface area (Å²) in [4.78, 5) is 13.3. The average Bonchev–Trinajstić information content (AvgIpc) is 3.20. The zero-order valence-electron chi connectivity index (χ0n) is 15.5. The minimum absolute atomic E-state index is 0.312. The molecule has 1 aromatic heterocycles. The van der Waals surface area contributed by atoms with Crippen LogP contribution >= 0.6 is 11.6 Å². The lowest BCUT2D eigenvalue weighted by Gasteiger charge is -2.36. The number of halogens is 1. The molecule has 0 amide bonds. The highest BCUT2D eigenvalue weighted by molar-refractivity contribution is 6.30. The number of likely N-dealkylation sites (tertiary alicyclic amines) is 1. The molecule has 1 aromatic carbocycles. The van der Waals surface area contributed by atoms with Crippen LogP contribution in [-0.4, -0.2) is 48.3 Å².